The van der Waals surface area contributed by atoms with Crippen LogP contribution in [0.1, 0.15) is 5.56 Å². The van der Waals surface area contributed by atoms with Crippen molar-refractivity contribution in [2.45, 2.75) is 6.92 Å². The van der Waals surface area contributed by atoms with E-state index in [0.717, 1.165) is 0 Å². The summed E-state index contributed by atoms with van der Waals surface area (Å²) in [5, 5.41) is 0. The SMILES string of the molecule is Cc1cc[cH-]c1.Cl.Cl.[Ti]. The van der Waals surface area contributed by atoms with Crippen LogP contribution in [0.25, 0.3) is 0 Å². The molecule has 0 aliphatic carbocycles. The summed E-state index contributed by atoms with van der Waals surface area (Å²) in [5.74, 6) is 0. The third kappa shape index (κ3) is 6.53. The van der Waals surface area contributed by atoms with Gasteiger partial charge >= 0.3 is 0 Å². The van der Waals surface area contributed by atoms with Gasteiger partial charge in [-0.1, -0.05) is 6.92 Å². The minimum Gasteiger partial charge on any atom is -0.211 e. The largest absolute Gasteiger partial charge is 0.211 e. The van der Waals surface area contributed by atoms with Crippen molar-refractivity contribution >= 4 is 24.8 Å². The van der Waals surface area contributed by atoms with Crippen LogP contribution in [0.4, 0.5) is 0 Å². The summed E-state index contributed by atoms with van der Waals surface area (Å²) in [6.45, 7) is 2.08. The Morgan fingerprint density at radius 1 is 1.33 bits per heavy atom. The van der Waals surface area contributed by atoms with E-state index in [1.54, 1.807) is 0 Å². The third-order valence-electron chi connectivity index (χ3n) is 0.829. The van der Waals surface area contributed by atoms with Gasteiger partial charge in [-0.3, -0.25) is 0 Å². The fourth-order valence-corrected chi connectivity index (χ4v) is 0.470. The minimum atomic E-state index is 0. The summed E-state index contributed by atoms with van der Waals surface area (Å²) < 4.78 is 0. The van der Waals surface area contributed by atoms with E-state index in [1.807, 2.05) is 12.1 Å². The van der Waals surface area contributed by atoms with Crippen LogP contribution in [-0.2, 0) is 21.7 Å². The topological polar surface area (TPSA) is 0 Å². The molecular formula is C6H9Cl2Ti-. The zero-order valence-corrected chi connectivity index (χ0v) is 8.32. The first-order chi connectivity index (χ1) is 2.89. The molecule has 0 saturated heterocycles. The molecule has 1 rings (SSSR count). The van der Waals surface area contributed by atoms with E-state index >= 15 is 0 Å². The maximum absolute atomic E-state index is 2.08. The first kappa shape index (κ1) is 16.3. The number of hydrogen-bond acceptors (Lipinski definition) is 0. The van der Waals surface area contributed by atoms with Crippen molar-refractivity contribution in [2.75, 3.05) is 0 Å². The van der Waals surface area contributed by atoms with E-state index in [9.17, 15) is 0 Å². The molecule has 0 radical (unpaired) electrons. The Morgan fingerprint density at radius 2 is 1.89 bits per heavy atom. The van der Waals surface area contributed by atoms with E-state index in [-0.39, 0.29) is 46.5 Å². The van der Waals surface area contributed by atoms with Gasteiger partial charge in [0.15, 0.2) is 0 Å². The Kier molecular flexibility index (Phi) is 15.7. The van der Waals surface area contributed by atoms with E-state index in [4.69, 9.17) is 0 Å². The van der Waals surface area contributed by atoms with Crippen molar-refractivity contribution < 1.29 is 21.7 Å². The van der Waals surface area contributed by atoms with Gasteiger partial charge in [0, 0.05) is 21.7 Å². The predicted molar refractivity (Wildman–Crippen MR) is 41.3 cm³/mol. The molecule has 1 aromatic rings. The molecule has 0 atom stereocenters. The zero-order valence-electron chi connectivity index (χ0n) is 5.13. The van der Waals surface area contributed by atoms with Crippen molar-refractivity contribution in [2.24, 2.45) is 0 Å². The molecule has 0 fully saturated rings. The molecule has 0 aliphatic heterocycles. The Balaban J connectivity index is -0.000000120. The van der Waals surface area contributed by atoms with Crippen LogP contribution in [0, 0.1) is 6.92 Å². The second kappa shape index (κ2) is 8.64. The van der Waals surface area contributed by atoms with Gasteiger partial charge < -0.3 is 0 Å². The molecule has 0 unspecified atom stereocenters. The van der Waals surface area contributed by atoms with E-state index < -0.39 is 0 Å². The zero-order chi connectivity index (χ0) is 4.41. The van der Waals surface area contributed by atoms with Crippen molar-refractivity contribution in [3.8, 4) is 0 Å². The summed E-state index contributed by atoms with van der Waals surface area (Å²) >= 11 is 0. The fourth-order valence-electron chi connectivity index (χ4n) is 0.470. The average Bonchev–Trinajstić information content (AvgIpc) is 1.86. The standard InChI is InChI=1S/C6H7.2ClH.Ti/c1-6-4-2-3-5-6;;;/h2-5H,1H3;2*1H;/q-1;;;. The molecule has 9 heavy (non-hydrogen) atoms. The van der Waals surface area contributed by atoms with Gasteiger partial charge in [0.2, 0.25) is 0 Å². The van der Waals surface area contributed by atoms with Crippen LogP contribution in [-0.4, -0.2) is 0 Å². The second-order valence-corrected chi connectivity index (χ2v) is 1.46. The number of hydrogen-bond donors (Lipinski definition) is 0. The quantitative estimate of drug-likeness (QED) is 0.445. The third-order valence-corrected chi connectivity index (χ3v) is 0.829. The van der Waals surface area contributed by atoms with Crippen molar-refractivity contribution in [1.82, 2.24) is 0 Å². The van der Waals surface area contributed by atoms with Crippen molar-refractivity contribution in [3.05, 3.63) is 29.8 Å². The van der Waals surface area contributed by atoms with Crippen LogP contribution in [0.5, 0.6) is 0 Å². The van der Waals surface area contributed by atoms with Gasteiger partial charge in [-0.2, -0.15) is 18.2 Å². The molecular weight excluding hydrogens is 191 g/mol. The predicted octanol–water partition coefficient (Wildman–Crippen LogP) is 2.56. The van der Waals surface area contributed by atoms with E-state index in [0.29, 0.717) is 0 Å². The molecule has 52 valence electrons. The van der Waals surface area contributed by atoms with Gasteiger partial charge in [-0.25, -0.2) is 11.6 Å². The van der Waals surface area contributed by atoms with Gasteiger partial charge in [0.1, 0.15) is 0 Å². The molecule has 0 aliphatic rings. The summed E-state index contributed by atoms with van der Waals surface area (Å²) in [5.41, 5.74) is 1.34. The van der Waals surface area contributed by atoms with Crippen molar-refractivity contribution in [1.29, 1.82) is 0 Å². The molecule has 0 saturated carbocycles. The molecule has 0 amide bonds. The number of rotatable bonds is 0. The van der Waals surface area contributed by atoms with E-state index in [1.165, 1.54) is 5.56 Å². The molecule has 0 nitrogen and oxygen atoms in total. The summed E-state index contributed by atoms with van der Waals surface area (Å²) in [6, 6.07) is 8.24. The maximum Gasteiger partial charge on any atom is 0 e. The maximum atomic E-state index is 2.08. The Morgan fingerprint density at radius 3 is 2.00 bits per heavy atom. The Bertz CT molecular complexity index is 115. The van der Waals surface area contributed by atoms with Gasteiger partial charge in [0.25, 0.3) is 0 Å². The monoisotopic (exact) mass is 199 g/mol. The number of halogens is 2. The summed E-state index contributed by atoms with van der Waals surface area (Å²) in [7, 11) is 0. The van der Waals surface area contributed by atoms with Crippen LogP contribution in [0.3, 0.4) is 0 Å². The average molecular weight is 200 g/mol. The van der Waals surface area contributed by atoms with Crippen LogP contribution < -0.4 is 0 Å². The summed E-state index contributed by atoms with van der Waals surface area (Å²) in [6.07, 6.45) is 0. The number of aryl methyl sites for hydroxylation is 1. The first-order valence-electron chi connectivity index (χ1n) is 2.08. The van der Waals surface area contributed by atoms with E-state index in [2.05, 4.69) is 19.1 Å². The molecule has 0 spiro atoms. The Labute approximate surface area is 83.1 Å². The molecule has 0 heterocycles. The fraction of sp³-hybridized carbons (Fsp3) is 0.167. The Hall–Kier alpha value is 0.644. The van der Waals surface area contributed by atoms with Gasteiger partial charge in [0.05, 0.1) is 0 Å². The van der Waals surface area contributed by atoms with Crippen LogP contribution in [0.15, 0.2) is 24.3 Å². The van der Waals surface area contributed by atoms with Crippen LogP contribution >= 0.6 is 24.8 Å². The molecule has 0 N–H and O–H groups in total. The smallest absolute Gasteiger partial charge is 0 e. The minimum absolute atomic E-state index is 0. The molecule has 0 bridgehead atoms. The van der Waals surface area contributed by atoms with Crippen molar-refractivity contribution in [3.63, 3.8) is 0 Å². The van der Waals surface area contributed by atoms with Crippen LogP contribution in [0.2, 0.25) is 0 Å². The molecule has 3 heteroatoms. The summed E-state index contributed by atoms with van der Waals surface area (Å²) in [4.78, 5) is 0. The molecule has 1 aromatic carbocycles. The van der Waals surface area contributed by atoms with Gasteiger partial charge in [-0.05, 0) is 0 Å². The molecule has 0 aromatic heterocycles. The second-order valence-electron chi connectivity index (χ2n) is 1.46. The van der Waals surface area contributed by atoms with Gasteiger partial charge in [-0.15, -0.1) is 24.8 Å². The first-order valence-corrected chi connectivity index (χ1v) is 2.08. The normalized spacial score (nSPS) is 5.89.